The first-order valence-electron chi connectivity index (χ1n) is 10.1. The quantitative estimate of drug-likeness (QED) is 0.701. The first-order valence-corrected chi connectivity index (χ1v) is 10.1. The molecule has 1 aliphatic heterocycles. The van der Waals surface area contributed by atoms with E-state index < -0.39 is 0 Å². The second kappa shape index (κ2) is 9.25. The maximum atomic E-state index is 5.91. The standard InChI is InChI=1S/C23H26N2O4/c1-16-11-19(6-5-18-3-4-18)7-8-20(16)13-28-22-12-23(25-17(2)24-22)29-15-21-14-26-9-10-27-21/h7-8,11-12,18,21H,3-4,9-10,13-15H2,1-2H3/t21-/m1/s1. The summed E-state index contributed by atoms with van der Waals surface area (Å²) in [7, 11) is 0. The zero-order valence-corrected chi connectivity index (χ0v) is 16.9. The summed E-state index contributed by atoms with van der Waals surface area (Å²) >= 11 is 0. The zero-order chi connectivity index (χ0) is 20.1. The summed E-state index contributed by atoms with van der Waals surface area (Å²) < 4.78 is 22.6. The molecule has 1 saturated heterocycles. The fourth-order valence-electron chi connectivity index (χ4n) is 2.97. The van der Waals surface area contributed by atoms with Crippen LogP contribution < -0.4 is 9.47 Å². The summed E-state index contributed by atoms with van der Waals surface area (Å²) in [6, 6.07) is 7.94. The van der Waals surface area contributed by atoms with Crippen molar-refractivity contribution in [3.05, 3.63) is 46.8 Å². The molecule has 152 valence electrons. The van der Waals surface area contributed by atoms with Gasteiger partial charge in [-0.15, -0.1) is 0 Å². The minimum absolute atomic E-state index is 0.0763. The highest BCUT2D eigenvalue weighted by Crippen LogP contribution is 2.27. The molecule has 1 saturated carbocycles. The van der Waals surface area contributed by atoms with Gasteiger partial charge >= 0.3 is 0 Å². The number of aryl methyl sites for hydroxylation is 2. The van der Waals surface area contributed by atoms with Crippen molar-refractivity contribution in [2.45, 2.75) is 39.4 Å². The summed E-state index contributed by atoms with van der Waals surface area (Å²) in [5.74, 6) is 8.72. The molecule has 0 bridgehead atoms. The van der Waals surface area contributed by atoms with Gasteiger partial charge in [-0.3, -0.25) is 0 Å². The van der Waals surface area contributed by atoms with Gasteiger partial charge in [0.05, 0.1) is 25.9 Å². The zero-order valence-electron chi connectivity index (χ0n) is 16.9. The van der Waals surface area contributed by atoms with Gasteiger partial charge in [-0.25, -0.2) is 0 Å². The first kappa shape index (κ1) is 19.7. The highest BCUT2D eigenvalue weighted by Gasteiger charge is 2.18. The molecule has 2 heterocycles. The van der Waals surface area contributed by atoms with Gasteiger partial charge in [-0.05, 0) is 49.9 Å². The molecule has 0 spiro atoms. The van der Waals surface area contributed by atoms with Crippen LogP contribution >= 0.6 is 0 Å². The maximum Gasteiger partial charge on any atom is 0.220 e. The summed E-state index contributed by atoms with van der Waals surface area (Å²) in [5.41, 5.74) is 3.32. The summed E-state index contributed by atoms with van der Waals surface area (Å²) in [4.78, 5) is 8.67. The maximum absolute atomic E-state index is 5.91. The Kier molecular flexibility index (Phi) is 6.28. The Morgan fingerprint density at radius 3 is 2.62 bits per heavy atom. The van der Waals surface area contributed by atoms with E-state index >= 15 is 0 Å². The highest BCUT2D eigenvalue weighted by molar-refractivity contribution is 5.41. The second-order valence-electron chi connectivity index (χ2n) is 7.44. The number of rotatable bonds is 6. The van der Waals surface area contributed by atoms with E-state index in [0.29, 0.717) is 56.5 Å². The van der Waals surface area contributed by atoms with E-state index in [0.717, 1.165) is 16.7 Å². The molecule has 29 heavy (non-hydrogen) atoms. The van der Waals surface area contributed by atoms with Gasteiger partial charge in [0.25, 0.3) is 0 Å². The van der Waals surface area contributed by atoms with Crippen molar-refractivity contribution in [1.29, 1.82) is 0 Å². The number of ether oxygens (including phenoxy) is 4. The van der Waals surface area contributed by atoms with Crippen molar-refractivity contribution in [2.24, 2.45) is 5.92 Å². The molecule has 1 aliphatic carbocycles. The molecule has 1 atom stereocenters. The van der Waals surface area contributed by atoms with E-state index in [-0.39, 0.29) is 6.10 Å². The third kappa shape index (κ3) is 5.93. The predicted molar refractivity (Wildman–Crippen MR) is 108 cm³/mol. The Morgan fingerprint density at radius 1 is 1.07 bits per heavy atom. The molecule has 2 fully saturated rings. The third-order valence-electron chi connectivity index (χ3n) is 4.81. The van der Waals surface area contributed by atoms with Crippen molar-refractivity contribution in [2.75, 3.05) is 26.4 Å². The van der Waals surface area contributed by atoms with Gasteiger partial charge in [0.2, 0.25) is 11.8 Å². The molecule has 1 aromatic heterocycles. The lowest BCUT2D eigenvalue weighted by atomic mass is 10.1. The fourth-order valence-corrected chi connectivity index (χ4v) is 2.97. The second-order valence-corrected chi connectivity index (χ2v) is 7.44. The lowest BCUT2D eigenvalue weighted by Crippen LogP contribution is -2.33. The van der Waals surface area contributed by atoms with E-state index in [1.807, 2.05) is 13.0 Å². The van der Waals surface area contributed by atoms with Crippen LogP contribution in [0.25, 0.3) is 0 Å². The third-order valence-corrected chi connectivity index (χ3v) is 4.81. The lowest BCUT2D eigenvalue weighted by molar-refractivity contribution is -0.102. The SMILES string of the molecule is Cc1nc(OCc2ccc(C#CC3CC3)cc2C)cc(OC[C@H]2COCCO2)n1. The number of hydrogen-bond acceptors (Lipinski definition) is 6. The number of aromatic nitrogens is 2. The molecule has 0 radical (unpaired) electrons. The Balaban J connectivity index is 1.35. The number of benzene rings is 1. The largest absolute Gasteiger partial charge is 0.475 e. The smallest absolute Gasteiger partial charge is 0.220 e. The molecule has 2 aliphatic rings. The average molecular weight is 394 g/mol. The Bertz CT molecular complexity index is 909. The van der Waals surface area contributed by atoms with Gasteiger partial charge in [0, 0.05) is 11.5 Å². The molecule has 1 aromatic carbocycles. The molecular weight excluding hydrogens is 368 g/mol. The van der Waals surface area contributed by atoms with Crippen LogP contribution in [0.4, 0.5) is 0 Å². The topological polar surface area (TPSA) is 62.7 Å². The lowest BCUT2D eigenvalue weighted by Gasteiger charge is -2.22. The van der Waals surface area contributed by atoms with Crippen molar-refractivity contribution in [1.82, 2.24) is 9.97 Å². The molecule has 6 heteroatoms. The van der Waals surface area contributed by atoms with Crippen molar-refractivity contribution in [3.8, 4) is 23.6 Å². The minimum atomic E-state index is -0.0763. The highest BCUT2D eigenvalue weighted by atomic mass is 16.6. The van der Waals surface area contributed by atoms with E-state index in [9.17, 15) is 0 Å². The Morgan fingerprint density at radius 2 is 1.90 bits per heavy atom. The van der Waals surface area contributed by atoms with E-state index in [4.69, 9.17) is 18.9 Å². The molecular formula is C23H26N2O4. The average Bonchev–Trinajstić information content (AvgIpc) is 3.55. The minimum Gasteiger partial charge on any atom is -0.475 e. The van der Waals surface area contributed by atoms with Crippen LogP contribution in [-0.2, 0) is 16.1 Å². The van der Waals surface area contributed by atoms with Crippen molar-refractivity contribution >= 4 is 0 Å². The summed E-state index contributed by atoms with van der Waals surface area (Å²) in [5, 5.41) is 0. The summed E-state index contributed by atoms with van der Waals surface area (Å²) in [6.07, 6.45) is 2.40. The molecule has 6 nitrogen and oxygen atoms in total. The number of hydrogen-bond donors (Lipinski definition) is 0. The molecule has 0 amide bonds. The van der Waals surface area contributed by atoms with Gasteiger partial charge < -0.3 is 18.9 Å². The Hall–Kier alpha value is -2.62. The Labute approximate surface area is 171 Å². The van der Waals surface area contributed by atoms with Crippen LogP contribution in [0, 0.1) is 31.6 Å². The van der Waals surface area contributed by atoms with Crippen LogP contribution in [0.3, 0.4) is 0 Å². The molecule has 0 unspecified atom stereocenters. The van der Waals surface area contributed by atoms with Crippen LogP contribution in [0.2, 0.25) is 0 Å². The van der Waals surface area contributed by atoms with Crippen LogP contribution in [0.15, 0.2) is 24.3 Å². The van der Waals surface area contributed by atoms with Crippen LogP contribution in [0.5, 0.6) is 11.8 Å². The van der Waals surface area contributed by atoms with E-state index in [1.54, 1.807) is 6.07 Å². The molecule has 4 rings (SSSR count). The van der Waals surface area contributed by atoms with E-state index in [2.05, 4.69) is 40.9 Å². The van der Waals surface area contributed by atoms with Crippen LogP contribution in [-0.4, -0.2) is 42.5 Å². The van der Waals surface area contributed by atoms with Gasteiger partial charge in [-0.1, -0.05) is 17.9 Å². The first-order chi connectivity index (χ1) is 14.2. The predicted octanol–water partition coefficient (Wildman–Crippen LogP) is 3.23. The van der Waals surface area contributed by atoms with Crippen LogP contribution in [0.1, 0.15) is 35.4 Å². The molecule has 0 N–H and O–H groups in total. The van der Waals surface area contributed by atoms with E-state index in [1.165, 1.54) is 12.8 Å². The van der Waals surface area contributed by atoms with Gasteiger partial charge in [-0.2, -0.15) is 9.97 Å². The van der Waals surface area contributed by atoms with Crippen molar-refractivity contribution < 1.29 is 18.9 Å². The van der Waals surface area contributed by atoms with Crippen molar-refractivity contribution in [3.63, 3.8) is 0 Å². The normalized spacial score (nSPS) is 18.6. The number of nitrogens with zero attached hydrogens (tertiary/aromatic N) is 2. The monoisotopic (exact) mass is 394 g/mol. The van der Waals surface area contributed by atoms with Gasteiger partial charge in [0.15, 0.2) is 0 Å². The fraction of sp³-hybridized carbons (Fsp3) is 0.478. The van der Waals surface area contributed by atoms with Gasteiger partial charge in [0.1, 0.15) is 25.1 Å². The summed E-state index contributed by atoms with van der Waals surface area (Å²) in [6.45, 7) is 6.47. The molecule has 2 aromatic rings.